The van der Waals surface area contributed by atoms with Crippen molar-refractivity contribution in [2.24, 2.45) is 0 Å². The molecule has 0 aliphatic carbocycles. The summed E-state index contributed by atoms with van der Waals surface area (Å²) in [7, 11) is 0. The molecular weight excluding hydrogens is 301 g/mol. The van der Waals surface area contributed by atoms with Crippen molar-refractivity contribution >= 4 is 0 Å². The van der Waals surface area contributed by atoms with E-state index in [9.17, 15) is 9.50 Å². The van der Waals surface area contributed by atoms with Crippen LogP contribution >= 0.6 is 0 Å². The van der Waals surface area contributed by atoms with E-state index in [-0.39, 0.29) is 5.82 Å². The predicted molar refractivity (Wildman–Crippen MR) is 96.2 cm³/mol. The van der Waals surface area contributed by atoms with Gasteiger partial charge in [-0.2, -0.15) is 0 Å². The Bertz CT molecular complexity index is 585. The first-order valence-corrected chi connectivity index (χ1v) is 9.01. The Kier molecular flexibility index (Phi) is 7.38. The fourth-order valence-electron chi connectivity index (χ4n) is 3.11. The smallest absolute Gasteiger partial charge is 0.123 e. The summed E-state index contributed by atoms with van der Waals surface area (Å²) in [6.07, 6.45) is 11.7. The average molecular weight is 329 g/mol. The molecule has 2 nitrogen and oxygen atoms in total. The largest absolute Gasteiger partial charge is 0.385 e. The average Bonchev–Trinajstić information content (AvgIpc) is 2.61. The Balaban J connectivity index is 2.03. The lowest BCUT2D eigenvalue weighted by Gasteiger charge is -2.29. The van der Waals surface area contributed by atoms with Crippen LogP contribution < -0.4 is 0 Å². The van der Waals surface area contributed by atoms with Crippen molar-refractivity contribution in [1.82, 2.24) is 4.98 Å². The minimum Gasteiger partial charge on any atom is -0.385 e. The molecule has 2 aromatic rings. The van der Waals surface area contributed by atoms with E-state index in [1.54, 1.807) is 24.5 Å². The molecule has 0 saturated heterocycles. The minimum absolute atomic E-state index is 0.250. The van der Waals surface area contributed by atoms with E-state index in [0.717, 1.165) is 24.0 Å². The van der Waals surface area contributed by atoms with Gasteiger partial charge in [0.15, 0.2) is 0 Å². The maximum Gasteiger partial charge on any atom is 0.123 e. The Labute approximate surface area is 144 Å². The van der Waals surface area contributed by atoms with E-state index < -0.39 is 5.60 Å². The fourth-order valence-corrected chi connectivity index (χ4v) is 3.11. The van der Waals surface area contributed by atoms with Crippen molar-refractivity contribution in [3.8, 4) is 0 Å². The summed E-state index contributed by atoms with van der Waals surface area (Å²) in [6.45, 7) is 2.21. The van der Waals surface area contributed by atoms with Gasteiger partial charge in [-0.05, 0) is 30.2 Å². The molecule has 0 aliphatic rings. The Morgan fingerprint density at radius 3 is 2.38 bits per heavy atom. The van der Waals surface area contributed by atoms with Crippen LogP contribution in [0.4, 0.5) is 4.39 Å². The molecule has 1 aromatic carbocycles. The van der Waals surface area contributed by atoms with Crippen LogP contribution in [-0.2, 0) is 12.0 Å². The molecule has 0 saturated carbocycles. The Morgan fingerprint density at radius 2 is 1.71 bits per heavy atom. The highest BCUT2D eigenvalue weighted by molar-refractivity contribution is 5.25. The zero-order chi connectivity index (χ0) is 17.3. The van der Waals surface area contributed by atoms with Crippen LogP contribution in [0.5, 0.6) is 0 Å². The number of nitrogens with zero attached hydrogens (tertiary/aromatic N) is 1. The molecule has 3 heteroatoms. The highest BCUT2D eigenvalue weighted by Gasteiger charge is 2.29. The first-order chi connectivity index (χ1) is 11.6. The van der Waals surface area contributed by atoms with Crippen LogP contribution in [0, 0.1) is 5.82 Å². The zero-order valence-corrected chi connectivity index (χ0v) is 14.5. The molecule has 0 amide bonds. The molecule has 24 heavy (non-hydrogen) atoms. The van der Waals surface area contributed by atoms with Gasteiger partial charge < -0.3 is 5.11 Å². The molecule has 1 unspecified atom stereocenters. The molecule has 2 rings (SSSR count). The number of hydrogen-bond donors (Lipinski definition) is 1. The minimum atomic E-state index is -0.948. The molecule has 1 aromatic heterocycles. The normalized spacial score (nSPS) is 13.6. The summed E-state index contributed by atoms with van der Waals surface area (Å²) < 4.78 is 13.1. The predicted octanol–water partition coefficient (Wildman–Crippen LogP) is 5.40. The lowest BCUT2D eigenvalue weighted by molar-refractivity contribution is 0.0246. The van der Waals surface area contributed by atoms with Gasteiger partial charge in [0.25, 0.3) is 0 Å². The van der Waals surface area contributed by atoms with E-state index >= 15 is 0 Å². The van der Waals surface area contributed by atoms with Crippen LogP contribution in [-0.4, -0.2) is 10.1 Å². The summed E-state index contributed by atoms with van der Waals surface area (Å²) in [6, 6.07) is 10.2. The van der Waals surface area contributed by atoms with Crippen LogP contribution in [0.25, 0.3) is 0 Å². The summed E-state index contributed by atoms with van der Waals surface area (Å²) >= 11 is 0. The fraction of sp³-hybridized carbons (Fsp3) is 0.476. The van der Waals surface area contributed by atoms with Crippen molar-refractivity contribution in [2.75, 3.05) is 0 Å². The monoisotopic (exact) mass is 329 g/mol. The number of benzene rings is 1. The molecule has 0 bridgehead atoms. The van der Waals surface area contributed by atoms with Gasteiger partial charge in [-0.25, -0.2) is 4.39 Å². The lowest BCUT2D eigenvalue weighted by Crippen LogP contribution is -2.28. The van der Waals surface area contributed by atoms with Gasteiger partial charge in [0.2, 0.25) is 0 Å². The SMILES string of the molecule is CCCCCCCCC(O)(Cc1ccc(F)cc1)c1cccnc1. The van der Waals surface area contributed by atoms with Gasteiger partial charge in [-0.3, -0.25) is 4.98 Å². The second-order valence-corrected chi connectivity index (χ2v) is 6.59. The summed E-state index contributed by atoms with van der Waals surface area (Å²) in [4.78, 5) is 4.16. The second kappa shape index (κ2) is 9.53. The van der Waals surface area contributed by atoms with E-state index in [4.69, 9.17) is 0 Å². The quantitative estimate of drug-likeness (QED) is 0.592. The van der Waals surface area contributed by atoms with Crippen molar-refractivity contribution in [3.63, 3.8) is 0 Å². The number of unbranched alkanes of at least 4 members (excludes halogenated alkanes) is 5. The van der Waals surface area contributed by atoms with E-state index in [2.05, 4.69) is 11.9 Å². The zero-order valence-electron chi connectivity index (χ0n) is 14.5. The summed E-state index contributed by atoms with van der Waals surface area (Å²) in [5.41, 5.74) is 0.827. The lowest BCUT2D eigenvalue weighted by atomic mass is 9.83. The third-order valence-electron chi connectivity index (χ3n) is 4.55. The van der Waals surface area contributed by atoms with E-state index in [1.807, 2.05) is 12.1 Å². The van der Waals surface area contributed by atoms with Crippen LogP contribution in [0.1, 0.15) is 63.0 Å². The van der Waals surface area contributed by atoms with Gasteiger partial charge >= 0.3 is 0 Å². The standard InChI is InChI=1S/C21H28FNO/c1-2-3-4-5-6-7-14-21(24,19-9-8-15-23-17-19)16-18-10-12-20(22)13-11-18/h8-13,15,17,24H,2-7,14,16H2,1H3. The molecular formula is C21H28FNO. The first-order valence-electron chi connectivity index (χ1n) is 9.01. The third-order valence-corrected chi connectivity index (χ3v) is 4.55. The highest BCUT2D eigenvalue weighted by Crippen LogP contribution is 2.31. The van der Waals surface area contributed by atoms with Crippen molar-refractivity contribution in [3.05, 3.63) is 65.7 Å². The van der Waals surface area contributed by atoms with Gasteiger partial charge in [0.05, 0.1) is 5.60 Å². The summed E-state index contributed by atoms with van der Waals surface area (Å²) in [5.74, 6) is -0.250. The van der Waals surface area contributed by atoms with Crippen molar-refractivity contribution < 1.29 is 9.50 Å². The topological polar surface area (TPSA) is 33.1 Å². The molecule has 1 N–H and O–H groups in total. The van der Waals surface area contributed by atoms with Crippen LogP contribution in [0.3, 0.4) is 0 Å². The van der Waals surface area contributed by atoms with Crippen LogP contribution in [0.2, 0.25) is 0 Å². The number of aromatic nitrogens is 1. The molecule has 0 fully saturated rings. The molecule has 1 heterocycles. The number of aliphatic hydroxyl groups is 1. The van der Waals surface area contributed by atoms with E-state index in [0.29, 0.717) is 12.8 Å². The van der Waals surface area contributed by atoms with Crippen LogP contribution in [0.15, 0.2) is 48.8 Å². The van der Waals surface area contributed by atoms with E-state index in [1.165, 1.54) is 37.8 Å². The second-order valence-electron chi connectivity index (χ2n) is 6.59. The Hall–Kier alpha value is -1.74. The highest BCUT2D eigenvalue weighted by atomic mass is 19.1. The third kappa shape index (κ3) is 5.72. The number of hydrogen-bond acceptors (Lipinski definition) is 2. The maximum absolute atomic E-state index is 13.1. The molecule has 1 atom stereocenters. The molecule has 0 radical (unpaired) electrons. The Morgan fingerprint density at radius 1 is 1.00 bits per heavy atom. The number of halogens is 1. The molecule has 0 aliphatic heterocycles. The van der Waals surface area contributed by atoms with Crippen molar-refractivity contribution in [2.45, 2.75) is 63.9 Å². The van der Waals surface area contributed by atoms with Crippen molar-refractivity contribution in [1.29, 1.82) is 0 Å². The van der Waals surface area contributed by atoms with Gasteiger partial charge in [0, 0.05) is 24.4 Å². The van der Waals surface area contributed by atoms with Gasteiger partial charge in [-0.1, -0.05) is 63.6 Å². The first kappa shape index (κ1) is 18.6. The number of pyridine rings is 1. The molecule has 130 valence electrons. The number of rotatable bonds is 10. The molecule has 0 spiro atoms. The van der Waals surface area contributed by atoms with Gasteiger partial charge in [-0.15, -0.1) is 0 Å². The maximum atomic E-state index is 13.1. The summed E-state index contributed by atoms with van der Waals surface area (Å²) in [5, 5.41) is 11.3. The van der Waals surface area contributed by atoms with Gasteiger partial charge in [0.1, 0.15) is 5.82 Å².